The van der Waals surface area contributed by atoms with Gasteiger partial charge in [0, 0.05) is 19.0 Å². The quantitative estimate of drug-likeness (QED) is 0.554. The van der Waals surface area contributed by atoms with E-state index in [1.807, 2.05) is 61.5 Å². The molecule has 1 N–H and O–H groups in total. The first-order valence-corrected chi connectivity index (χ1v) is 12.3. The van der Waals surface area contributed by atoms with E-state index in [1.165, 1.54) is 4.31 Å². The van der Waals surface area contributed by atoms with E-state index in [-0.39, 0.29) is 11.8 Å². The molecule has 32 heavy (non-hydrogen) atoms. The molecule has 3 aromatic rings. The topological polar surface area (TPSA) is 75.7 Å². The van der Waals surface area contributed by atoms with Gasteiger partial charge in [0.2, 0.25) is 15.9 Å². The first-order valence-electron chi connectivity index (χ1n) is 10.9. The molecule has 7 heteroatoms. The average Bonchev–Trinajstić information content (AvgIpc) is 2.81. The number of benzene rings is 3. The van der Waals surface area contributed by atoms with Crippen molar-refractivity contribution >= 4 is 26.7 Å². The molecule has 0 aromatic heterocycles. The molecule has 6 nitrogen and oxygen atoms in total. The molecule has 0 saturated carbocycles. The summed E-state index contributed by atoms with van der Waals surface area (Å²) in [6.07, 6.45) is 1.02. The lowest BCUT2D eigenvalue weighted by Crippen LogP contribution is -2.43. The molecule has 1 fully saturated rings. The summed E-state index contributed by atoms with van der Waals surface area (Å²) in [5, 5.41) is 4.82. The Bertz CT molecular complexity index is 1200. The smallest absolute Gasteiger partial charge is 0.243 e. The molecule has 4 rings (SSSR count). The van der Waals surface area contributed by atoms with Gasteiger partial charge in [-0.2, -0.15) is 4.31 Å². The predicted molar refractivity (Wildman–Crippen MR) is 125 cm³/mol. The monoisotopic (exact) mass is 452 g/mol. The highest BCUT2D eigenvalue weighted by Crippen LogP contribution is 2.26. The third-order valence-corrected chi connectivity index (χ3v) is 7.74. The lowest BCUT2D eigenvalue weighted by molar-refractivity contribution is -0.126. The molecule has 0 atom stereocenters. The Hall–Kier alpha value is -2.90. The van der Waals surface area contributed by atoms with Crippen molar-refractivity contribution in [3.63, 3.8) is 0 Å². The van der Waals surface area contributed by atoms with Crippen molar-refractivity contribution in [3.8, 4) is 5.75 Å². The molecular weight excluding hydrogens is 424 g/mol. The SMILES string of the molecule is Cc1cccc(OCCNC(=O)C2CCN(S(=O)(=O)c3ccc4ccccc4c3)CC2)c1. The Labute approximate surface area is 189 Å². The van der Waals surface area contributed by atoms with E-state index in [9.17, 15) is 13.2 Å². The van der Waals surface area contributed by atoms with Gasteiger partial charge in [0.25, 0.3) is 0 Å². The number of nitrogens with zero attached hydrogens (tertiary/aromatic N) is 1. The van der Waals surface area contributed by atoms with E-state index >= 15 is 0 Å². The van der Waals surface area contributed by atoms with Crippen LogP contribution in [0.3, 0.4) is 0 Å². The molecule has 0 aliphatic carbocycles. The first-order chi connectivity index (χ1) is 15.4. The minimum Gasteiger partial charge on any atom is -0.492 e. The summed E-state index contributed by atoms with van der Waals surface area (Å²) in [6.45, 7) is 3.49. The minimum absolute atomic E-state index is 0.0411. The van der Waals surface area contributed by atoms with Gasteiger partial charge in [-0.15, -0.1) is 0 Å². The number of amides is 1. The summed E-state index contributed by atoms with van der Waals surface area (Å²) in [5.41, 5.74) is 1.12. The molecule has 0 unspecified atom stereocenters. The fourth-order valence-corrected chi connectivity index (χ4v) is 5.53. The second-order valence-electron chi connectivity index (χ2n) is 8.14. The second kappa shape index (κ2) is 9.71. The maximum atomic E-state index is 13.1. The number of fused-ring (bicyclic) bond motifs is 1. The number of piperidine rings is 1. The van der Waals surface area contributed by atoms with Crippen molar-refractivity contribution in [2.45, 2.75) is 24.7 Å². The van der Waals surface area contributed by atoms with Crippen LogP contribution in [0.25, 0.3) is 10.8 Å². The van der Waals surface area contributed by atoms with Gasteiger partial charge < -0.3 is 10.1 Å². The summed E-state index contributed by atoms with van der Waals surface area (Å²) in [6, 6.07) is 20.7. The Morgan fingerprint density at radius 1 is 1.00 bits per heavy atom. The van der Waals surface area contributed by atoms with Crippen molar-refractivity contribution in [2.75, 3.05) is 26.2 Å². The van der Waals surface area contributed by atoms with Crippen LogP contribution in [0.5, 0.6) is 5.75 Å². The number of hydrogen-bond acceptors (Lipinski definition) is 4. The Kier molecular flexibility index (Phi) is 6.77. The standard InChI is InChI=1S/C25H28N2O4S/c1-19-5-4-8-23(17-19)31-16-13-26-25(28)21-11-14-27(15-12-21)32(29,30)24-10-9-20-6-2-3-7-22(20)18-24/h2-10,17-18,21H,11-16H2,1H3,(H,26,28). The number of sulfonamides is 1. The number of hydrogen-bond donors (Lipinski definition) is 1. The highest BCUT2D eigenvalue weighted by Gasteiger charge is 2.32. The lowest BCUT2D eigenvalue weighted by Gasteiger charge is -2.30. The average molecular weight is 453 g/mol. The number of ether oxygens (including phenoxy) is 1. The van der Waals surface area contributed by atoms with Gasteiger partial charge in [-0.05, 0) is 60.4 Å². The summed E-state index contributed by atoms with van der Waals surface area (Å²) in [4.78, 5) is 12.8. The lowest BCUT2D eigenvalue weighted by atomic mass is 9.97. The first kappa shape index (κ1) is 22.3. The van der Waals surface area contributed by atoms with Gasteiger partial charge in [0.1, 0.15) is 12.4 Å². The Balaban J connectivity index is 1.27. The molecule has 0 spiro atoms. The third kappa shape index (κ3) is 5.11. The predicted octanol–water partition coefficient (Wildman–Crippen LogP) is 3.74. The Morgan fingerprint density at radius 2 is 1.75 bits per heavy atom. The van der Waals surface area contributed by atoms with Crippen molar-refractivity contribution in [2.24, 2.45) is 5.92 Å². The van der Waals surface area contributed by atoms with Crippen LogP contribution in [0, 0.1) is 12.8 Å². The fraction of sp³-hybridized carbons (Fsp3) is 0.320. The molecule has 1 heterocycles. The summed E-state index contributed by atoms with van der Waals surface area (Å²) in [7, 11) is -3.58. The molecule has 0 bridgehead atoms. The molecule has 3 aromatic carbocycles. The highest BCUT2D eigenvalue weighted by molar-refractivity contribution is 7.89. The van der Waals surface area contributed by atoms with Gasteiger partial charge in [-0.1, -0.05) is 42.5 Å². The molecule has 0 radical (unpaired) electrons. The van der Waals surface area contributed by atoms with E-state index in [4.69, 9.17) is 4.74 Å². The van der Waals surface area contributed by atoms with Crippen LogP contribution in [0.2, 0.25) is 0 Å². The summed E-state index contributed by atoms with van der Waals surface area (Å²) in [5.74, 6) is 0.559. The van der Waals surface area contributed by atoms with Gasteiger partial charge in [-0.25, -0.2) is 8.42 Å². The van der Waals surface area contributed by atoms with Crippen LogP contribution >= 0.6 is 0 Å². The number of carbonyl (C=O) groups is 1. The van der Waals surface area contributed by atoms with Crippen LogP contribution in [-0.4, -0.2) is 44.9 Å². The fourth-order valence-electron chi connectivity index (χ4n) is 4.03. The number of carbonyl (C=O) groups excluding carboxylic acids is 1. The van der Waals surface area contributed by atoms with E-state index in [0.29, 0.717) is 44.0 Å². The Morgan fingerprint density at radius 3 is 2.50 bits per heavy atom. The van der Waals surface area contributed by atoms with Crippen LogP contribution in [0.1, 0.15) is 18.4 Å². The largest absolute Gasteiger partial charge is 0.492 e. The van der Waals surface area contributed by atoms with E-state index in [2.05, 4.69) is 5.32 Å². The van der Waals surface area contributed by atoms with E-state index in [1.54, 1.807) is 12.1 Å². The summed E-state index contributed by atoms with van der Waals surface area (Å²) < 4.78 is 33.3. The summed E-state index contributed by atoms with van der Waals surface area (Å²) >= 11 is 0. The van der Waals surface area contributed by atoms with Crippen LogP contribution in [-0.2, 0) is 14.8 Å². The highest BCUT2D eigenvalue weighted by atomic mass is 32.2. The maximum Gasteiger partial charge on any atom is 0.243 e. The van der Waals surface area contributed by atoms with Gasteiger partial charge in [0.15, 0.2) is 0 Å². The van der Waals surface area contributed by atoms with Crippen molar-refractivity contribution in [1.82, 2.24) is 9.62 Å². The number of nitrogens with one attached hydrogen (secondary N) is 1. The molecule has 1 amide bonds. The zero-order valence-electron chi connectivity index (χ0n) is 18.2. The minimum atomic E-state index is -3.58. The van der Waals surface area contributed by atoms with Gasteiger partial charge >= 0.3 is 0 Å². The van der Waals surface area contributed by atoms with Crippen LogP contribution < -0.4 is 10.1 Å². The molecular formula is C25H28N2O4S. The zero-order valence-corrected chi connectivity index (χ0v) is 19.0. The third-order valence-electron chi connectivity index (χ3n) is 5.84. The molecule has 1 aliphatic heterocycles. The van der Waals surface area contributed by atoms with Crippen LogP contribution in [0.4, 0.5) is 0 Å². The molecule has 168 valence electrons. The van der Waals surface area contributed by atoms with E-state index in [0.717, 1.165) is 22.1 Å². The maximum absolute atomic E-state index is 13.1. The van der Waals surface area contributed by atoms with Crippen molar-refractivity contribution in [1.29, 1.82) is 0 Å². The van der Waals surface area contributed by atoms with Gasteiger partial charge in [-0.3, -0.25) is 4.79 Å². The number of rotatable bonds is 7. The van der Waals surface area contributed by atoms with Crippen molar-refractivity contribution in [3.05, 3.63) is 72.3 Å². The van der Waals surface area contributed by atoms with Crippen molar-refractivity contribution < 1.29 is 17.9 Å². The second-order valence-corrected chi connectivity index (χ2v) is 10.1. The normalized spacial score (nSPS) is 15.5. The van der Waals surface area contributed by atoms with E-state index < -0.39 is 10.0 Å². The van der Waals surface area contributed by atoms with Crippen LogP contribution in [0.15, 0.2) is 71.6 Å². The zero-order chi connectivity index (χ0) is 22.6. The number of aryl methyl sites for hydroxylation is 1. The molecule has 1 saturated heterocycles. The molecule has 1 aliphatic rings. The van der Waals surface area contributed by atoms with Gasteiger partial charge in [0.05, 0.1) is 11.4 Å².